The van der Waals surface area contributed by atoms with E-state index in [2.05, 4.69) is 23.8 Å². The summed E-state index contributed by atoms with van der Waals surface area (Å²) in [4.78, 5) is 18.4. The number of hydrogen-bond acceptors (Lipinski definition) is 4. The molecule has 5 nitrogen and oxygen atoms in total. The van der Waals surface area contributed by atoms with Crippen molar-refractivity contribution < 1.29 is 14.6 Å². The number of carbonyl (C=O) groups is 1. The molecule has 0 spiro atoms. The van der Waals surface area contributed by atoms with E-state index >= 15 is 0 Å². The van der Waals surface area contributed by atoms with Crippen molar-refractivity contribution in [3.8, 4) is 5.88 Å². The Morgan fingerprint density at radius 3 is 2.61 bits per heavy atom. The minimum Gasteiger partial charge on any atom is -0.476 e. The van der Waals surface area contributed by atoms with Crippen molar-refractivity contribution in [3.05, 3.63) is 18.1 Å². The van der Waals surface area contributed by atoms with E-state index in [-0.39, 0.29) is 11.8 Å². The first-order valence-electron chi connectivity index (χ1n) is 6.28. The summed E-state index contributed by atoms with van der Waals surface area (Å²) in [6, 6.07) is 0. The molecule has 98 valence electrons. The van der Waals surface area contributed by atoms with Crippen molar-refractivity contribution in [3.63, 3.8) is 0 Å². The average molecular weight is 250 g/mol. The molecular weight excluding hydrogens is 232 g/mol. The zero-order valence-electron chi connectivity index (χ0n) is 10.7. The van der Waals surface area contributed by atoms with Crippen LogP contribution in [0, 0.1) is 11.8 Å². The van der Waals surface area contributed by atoms with Crippen LogP contribution in [0.4, 0.5) is 0 Å². The number of ether oxygens (including phenoxy) is 1. The van der Waals surface area contributed by atoms with Crippen LogP contribution >= 0.6 is 0 Å². The third-order valence-electron chi connectivity index (χ3n) is 3.68. The average Bonchev–Trinajstić information content (AvgIpc) is 2.34. The van der Waals surface area contributed by atoms with Gasteiger partial charge >= 0.3 is 5.97 Å². The number of aromatic nitrogens is 2. The molecule has 2 rings (SSSR count). The van der Waals surface area contributed by atoms with Crippen LogP contribution in [0.5, 0.6) is 5.88 Å². The molecule has 0 saturated heterocycles. The van der Waals surface area contributed by atoms with E-state index in [0.29, 0.717) is 11.8 Å². The Morgan fingerprint density at radius 2 is 2.06 bits per heavy atom. The van der Waals surface area contributed by atoms with Gasteiger partial charge in [0.25, 0.3) is 0 Å². The second-order valence-corrected chi connectivity index (χ2v) is 5.05. The van der Waals surface area contributed by atoms with Crippen LogP contribution in [0.2, 0.25) is 0 Å². The van der Waals surface area contributed by atoms with Crippen LogP contribution in [0.1, 0.15) is 43.6 Å². The van der Waals surface area contributed by atoms with Crippen molar-refractivity contribution in [1.82, 2.24) is 9.97 Å². The fraction of sp³-hybridized carbons (Fsp3) is 0.615. The molecule has 3 unspecified atom stereocenters. The molecule has 1 saturated carbocycles. The van der Waals surface area contributed by atoms with Gasteiger partial charge in [-0.05, 0) is 31.1 Å². The first kappa shape index (κ1) is 12.8. The standard InChI is InChI=1S/C13H18N2O3/c1-8-3-4-10(5-9(8)2)18-12-7-14-11(6-15-12)13(16)17/h6-10H,3-5H2,1-2H3,(H,16,17). The lowest BCUT2D eigenvalue weighted by atomic mass is 9.80. The summed E-state index contributed by atoms with van der Waals surface area (Å²) in [6.07, 6.45) is 5.98. The zero-order valence-corrected chi connectivity index (χ0v) is 10.7. The van der Waals surface area contributed by atoms with Gasteiger partial charge in [0.15, 0.2) is 5.69 Å². The third kappa shape index (κ3) is 2.97. The molecule has 1 fully saturated rings. The minimum absolute atomic E-state index is 0.0621. The normalized spacial score (nSPS) is 27.8. The highest BCUT2D eigenvalue weighted by molar-refractivity contribution is 5.84. The fourth-order valence-corrected chi connectivity index (χ4v) is 2.26. The highest BCUT2D eigenvalue weighted by Gasteiger charge is 2.26. The fourth-order valence-electron chi connectivity index (χ4n) is 2.26. The Balaban J connectivity index is 1.95. The van der Waals surface area contributed by atoms with Crippen molar-refractivity contribution >= 4 is 5.97 Å². The third-order valence-corrected chi connectivity index (χ3v) is 3.68. The summed E-state index contributed by atoms with van der Waals surface area (Å²) in [5.74, 6) is 0.723. The first-order valence-corrected chi connectivity index (χ1v) is 6.28. The molecule has 1 aromatic heterocycles. The topological polar surface area (TPSA) is 72.3 Å². The van der Waals surface area contributed by atoms with Crippen molar-refractivity contribution in [2.75, 3.05) is 0 Å². The molecule has 1 aliphatic rings. The van der Waals surface area contributed by atoms with Gasteiger partial charge in [0.1, 0.15) is 6.10 Å². The molecule has 0 aliphatic heterocycles. The SMILES string of the molecule is CC1CCC(Oc2cnc(C(=O)O)cn2)CC1C. The van der Waals surface area contributed by atoms with E-state index in [4.69, 9.17) is 9.84 Å². The Morgan fingerprint density at radius 1 is 1.28 bits per heavy atom. The highest BCUT2D eigenvalue weighted by Crippen LogP contribution is 2.31. The molecule has 0 aromatic carbocycles. The Bertz CT molecular complexity index is 419. The van der Waals surface area contributed by atoms with Crippen molar-refractivity contribution in [2.24, 2.45) is 11.8 Å². The van der Waals surface area contributed by atoms with E-state index in [1.807, 2.05) is 0 Å². The van der Waals surface area contributed by atoms with Crippen LogP contribution in [0.3, 0.4) is 0 Å². The summed E-state index contributed by atoms with van der Waals surface area (Å²) in [7, 11) is 0. The second kappa shape index (κ2) is 5.33. The number of hydrogen-bond donors (Lipinski definition) is 1. The molecule has 1 aliphatic carbocycles. The van der Waals surface area contributed by atoms with Gasteiger partial charge in [-0.2, -0.15) is 0 Å². The summed E-state index contributed by atoms with van der Waals surface area (Å²) >= 11 is 0. The molecule has 0 bridgehead atoms. The monoisotopic (exact) mass is 250 g/mol. The molecule has 3 atom stereocenters. The number of nitrogens with zero attached hydrogens (tertiary/aromatic N) is 2. The van der Waals surface area contributed by atoms with Crippen LogP contribution in [-0.2, 0) is 0 Å². The van der Waals surface area contributed by atoms with E-state index in [9.17, 15) is 4.79 Å². The minimum atomic E-state index is -1.07. The molecule has 1 N–H and O–H groups in total. The van der Waals surface area contributed by atoms with Crippen molar-refractivity contribution in [1.29, 1.82) is 0 Å². The van der Waals surface area contributed by atoms with Gasteiger partial charge in [-0.15, -0.1) is 0 Å². The van der Waals surface area contributed by atoms with Crippen LogP contribution < -0.4 is 4.74 Å². The summed E-state index contributed by atoms with van der Waals surface area (Å²) < 4.78 is 5.74. The number of carboxylic acid groups (broad SMARTS) is 1. The van der Waals surface area contributed by atoms with Crippen LogP contribution in [0.15, 0.2) is 12.4 Å². The van der Waals surface area contributed by atoms with Crippen LogP contribution in [0.25, 0.3) is 0 Å². The van der Waals surface area contributed by atoms with Gasteiger partial charge in [-0.25, -0.2) is 14.8 Å². The highest BCUT2D eigenvalue weighted by atomic mass is 16.5. The number of rotatable bonds is 3. The first-order chi connectivity index (χ1) is 8.56. The summed E-state index contributed by atoms with van der Waals surface area (Å²) in [5.41, 5.74) is -0.0621. The quantitative estimate of drug-likeness (QED) is 0.891. The Labute approximate surface area is 106 Å². The van der Waals surface area contributed by atoms with Gasteiger partial charge < -0.3 is 9.84 Å². The summed E-state index contributed by atoms with van der Waals surface area (Å²) in [6.45, 7) is 4.50. The molecule has 0 radical (unpaired) electrons. The lowest BCUT2D eigenvalue weighted by Crippen LogP contribution is -2.29. The van der Waals surface area contributed by atoms with E-state index in [1.165, 1.54) is 12.4 Å². The van der Waals surface area contributed by atoms with E-state index in [1.54, 1.807) is 0 Å². The maximum Gasteiger partial charge on any atom is 0.356 e. The van der Waals surface area contributed by atoms with E-state index in [0.717, 1.165) is 25.2 Å². The van der Waals surface area contributed by atoms with Gasteiger partial charge in [0.2, 0.25) is 5.88 Å². The predicted molar refractivity (Wildman–Crippen MR) is 65.6 cm³/mol. The lowest BCUT2D eigenvalue weighted by Gasteiger charge is -2.31. The molecule has 5 heteroatoms. The van der Waals surface area contributed by atoms with Crippen LogP contribution in [-0.4, -0.2) is 27.1 Å². The zero-order chi connectivity index (χ0) is 13.1. The number of carboxylic acids is 1. The van der Waals surface area contributed by atoms with Gasteiger partial charge in [-0.3, -0.25) is 0 Å². The second-order valence-electron chi connectivity index (χ2n) is 5.05. The smallest absolute Gasteiger partial charge is 0.356 e. The lowest BCUT2D eigenvalue weighted by molar-refractivity contribution is 0.0689. The molecular formula is C13H18N2O3. The Hall–Kier alpha value is -1.65. The largest absolute Gasteiger partial charge is 0.476 e. The van der Waals surface area contributed by atoms with Gasteiger partial charge in [0, 0.05) is 0 Å². The molecule has 1 heterocycles. The van der Waals surface area contributed by atoms with Crippen molar-refractivity contribution in [2.45, 2.75) is 39.2 Å². The molecule has 1 aromatic rings. The predicted octanol–water partition coefficient (Wildman–Crippen LogP) is 2.38. The van der Waals surface area contributed by atoms with Gasteiger partial charge in [-0.1, -0.05) is 13.8 Å². The Kier molecular flexibility index (Phi) is 3.79. The maximum absolute atomic E-state index is 10.6. The maximum atomic E-state index is 10.6. The molecule has 0 amide bonds. The van der Waals surface area contributed by atoms with Gasteiger partial charge in [0.05, 0.1) is 12.4 Å². The molecule has 18 heavy (non-hydrogen) atoms. The summed E-state index contributed by atoms with van der Waals surface area (Å²) in [5, 5.41) is 8.72. The number of aromatic carboxylic acids is 1. The van der Waals surface area contributed by atoms with E-state index < -0.39 is 5.97 Å².